The molecular formula is C26H18N2O5. The smallest absolute Gasteiger partial charge is 0.262 e. The van der Waals surface area contributed by atoms with Crippen LogP contribution in [0, 0.1) is 0 Å². The van der Waals surface area contributed by atoms with Crippen LogP contribution in [0.25, 0.3) is 21.9 Å². The van der Waals surface area contributed by atoms with Crippen LogP contribution < -0.4 is 14.2 Å². The van der Waals surface area contributed by atoms with E-state index in [1.165, 1.54) is 4.90 Å². The molecule has 0 radical (unpaired) electrons. The summed E-state index contributed by atoms with van der Waals surface area (Å²) in [5, 5.41) is 1.57. The molecule has 0 bridgehead atoms. The van der Waals surface area contributed by atoms with Crippen molar-refractivity contribution in [1.29, 1.82) is 0 Å². The first-order valence-electron chi connectivity index (χ1n) is 10.4. The predicted molar refractivity (Wildman–Crippen MR) is 121 cm³/mol. The number of rotatable bonds is 4. The number of carbonyl (C=O) groups is 2. The number of pyridine rings is 1. The lowest BCUT2D eigenvalue weighted by Crippen LogP contribution is -2.29. The second kappa shape index (κ2) is 7.34. The lowest BCUT2D eigenvalue weighted by atomic mass is 9.89. The highest BCUT2D eigenvalue weighted by molar-refractivity contribution is 6.27. The Labute approximate surface area is 189 Å². The monoisotopic (exact) mass is 438 g/mol. The first kappa shape index (κ1) is 19.3. The van der Waals surface area contributed by atoms with E-state index in [1.54, 1.807) is 37.7 Å². The Bertz CT molecular complexity index is 1450. The van der Waals surface area contributed by atoms with Crippen LogP contribution in [0.1, 0.15) is 26.3 Å². The SMILES string of the molecule is COc1ccccc1-c1c2c(cc3cc4c(cc13)OCO4)C(=O)N(Cc1ccncc1)C2=O. The van der Waals surface area contributed by atoms with Gasteiger partial charge in [0, 0.05) is 23.5 Å². The average Bonchev–Trinajstić information content (AvgIpc) is 3.40. The molecule has 3 aromatic carbocycles. The number of para-hydroxylation sites is 1. The molecule has 4 aromatic rings. The molecule has 7 nitrogen and oxygen atoms in total. The van der Waals surface area contributed by atoms with Gasteiger partial charge in [0.05, 0.1) is 24.8 Å². The van der Waals surface area contributed by atoms with E-state index in [2.05, 4.69) is 4.98 Å². The number of benzene rings is 3. The summed E-state index contributed by atoms with van der Waals surface area (Å²) in [6.07, 6.45) is 3.28. The summed E-state index contributed by atoms with van der Waals surface area (Å²) >= 11 is 0. The van der Waals surface area contributed by atoms with Gasteiger partial charge in [0.1, 0.15) is 5.75 Å². The number of methoxy groups -OCH3 is 1. The molecule has 0 aliphatic carbocycles. The second-order valence-electron chi connectivity index (χ2n) is 7.85. The highest BCUT2D eigenvalue weighted by Gasteiger charge is 2.39. The normalized spacial score (nSPS) is 14.2. The highest BCUT2D eigenvalue weighted by atomic mass is 16.7. The molecule has 7 heteroatoms. The van der Waals surface area contributed by atoms with Crippen molar-refractivity contribution < 1.29 is 23.8 Å². The molecule has 33 heavy (non-hydrogen) atoms. The maximum atomic E-state index is 13.7. The fourth-order valence-electron chi connectivity index (χ4n) is 4.50. The van der Waals surface area contributed by atoms with Crippen LogP contribution >= 0.6 is 0 Å². The zero-order valence-electron chi connectivity index (χ0n) is 17.7. The van der Waals surface area contributed by atoms with Crippen LogP contribution in [0.4, 0.5) is 0 Å². The molecule has 6 rings (SSSR count). The number of ether oxygens (including phenoxy) is 3. The number of hydrogen-bond donors (Lipinski definition) is 0. The van der Waals surface area contributed by atoms with Crippen molar-refractivity contribution in [2.45, 2.75) is 6.54 Å². The van der Waals surface area contributed by atoms with Crippen LogP contribution in [-0.2, 0) is 6.54 Å². The third kappa shape index (κ3) is 2.93. The van der Waals surface area contributed by atoms with Gasteiger partial charge in [0.25, 0.3) is 11.8 Å². The van der Waals surface area contributed by atoms with Gasteiger partial charge >= 0.3 is 0 Å². The van der Waals surface area contributed by atoms with Gasteiger partial charge in [-0.05, 0) is 52.7 Å². The van der Waals surface area contributed by atoms with Crippen molar-refractivity contribution in [3.63, 3.8) is 0 Å². The van der Waals surface area contributed by atoms with Gasteiger partial charge in [0.15, 0.2) is 11.5 Å². The number of nitrogens with zero attached hydrogens (tertiary/aromatic N) is 2. The Morgan fingerprint density at radius 1 is 0.909 bits per heavy atom. The molecule has 0 unspecified atom stereocenters. The maximum absolute atomic E-state index is 13.7. The fraction of sp³-hybridized carbons (Fsp3) is 0.115. The topological polar surface area (TPSA) is 78.0 Å². The van der Waals surface area contributed by atoms with Crippen LogP contribution in [0.2, 0.25) is 0 Å². The third-order valence-corrected chi connectivity index (χ3v) is 6.03. The molecule has 0 N–H and O–H groups in total. The van der Waals surface area contributed by atoms with Crippen LogP contribution in [0.3, 0.4) is 0 Å². The fourth-order valence-corrected chi connectivity index (χ4v) is 4.50. The number of imide groups is 1. The predicted octanol–water partition coefficient (Wildman–Crippen LogP) is 4.44. The molecular weight excluding hydrogens is 420 g/mol. The van der Waals surface area contributed by atoms with Gasteiger partial charge in [-0.15, -0.1) is 0 Å². The summed E-state index contributed by atoms with van der Waals surface area (Å²) in [4.78, 5) is 32.4. The molecule has 2 aliphatic rings. The summed E-state index contributed by atoms with van der Waals surface area (Å²) in [6.45, 7) is 0.298. The standard InChI is InChI=1S/C26H18N2O5/c1-31-20-5-3-2-4-17(20)23-18-12-22-21(32-14-33-22)11-16(18)10-19-24(23)26(30)28(25(19)29)13-15-6-8-27-9-7-15/h2-12H,13-14H2,1H3. The minimum Gasteiger partial charge on any atom is -0.496 e. The molecule has 162 valence electrons. The lowest BCUT2D eigenvalue weighted by Gasteiger charge is -2.16. The van der Waals surface area contributed by atoms with Crippen molar-refractivity contribution in [3.05, 3.63) is 83.7 Å². The Hall–Kier alpha value is -4.39. The molecule has 0 fully saturated rings. The van der Waals surface area contributed by atoms with Crippen molar-refractivity contribution >= 4 is 22.6 Å². The van der Waals surface area contributed by atoms with Crippen molar-refractivity contribution in [3.8, 4) is 28.4 Å². The number of fused-ring (bicyclic) bond motifs is 3. The summed E-state index contributed by atoms with van der Waals surface area (Å²) in [6, 6.07) is 16.5. The first-order valence-corrected chi connectivity index (χ1v) is 10.4. The number of amides is 2. The van der Waals surface area contributed by atoms with Gasteiger partial charge < -0.3 is 14.2 Å². The third-order valence-electron chi connectivity index (χ3n) is 6.03. The minimum absolute atomic E-state index is 0.132. The van der Waals surface area contributed by atoms with Crippen molar-refractivity contribution in [2.75, 3.05) is 13.9 Å². The van der Waals surface area contributed by atoms with E-state index in [9.17, 15) is 9.59 Å². The number of aromatic nitrogens is 1. The second-order valence-corrected chi connectivity index (χ2v) is 7.85. The Kier molecular flexibility index (Phi) is 4.29. The van der Waals surface area contributed by atoms with Crippen LogP contribution in [0.5, 0.6) is 17.2 Å². The van der Waals surface area contributed by atoms with E-state index in [0.717, 1.165) is 21.9 Å². The molecule has 3 heterocycles. The van der Waals surface area contributed by atoms with Gasteiger partial charge in [-0.2, -0.15) is 0 Å². The van der Waals surface area contributed by atoms with Gasteiger partial charge in [-0.3, -0.25) is 19.5 Å². The zero-order valence-corrected chi connectivity index (χ0v) is 17.7. The van der Waals surface area contributed by atoms with Gasteiger partial charge in [-0.1, -0.05) is 18.2 Å². The van der Waals surface area contributed by atoms with Gasteiger partial charge in [0.2, 0.25) is 6.79 Å². The number of carbonyl (C=O) groups excluding carboxylic acids is 2. The molecule has 0 atom stereocenters. The van der Waals surface area contributed by atoms with Crippen LogP contribution in [0.15, 0.2) is 67.0 Å². The molecule has 0 saturated carbocycles. The average molecular weight is 438 g/mol. The van der Waals surface area contributed by atoms with Crippen LogP contribution in [-0.4, -0.2) is 35.6 Å². The summed E-state index contributed by atoms with van der Waals surface area (Å²) in [5.41, 5.74) is 2.93. The molecule has 2 amide bonds. The van der Waals surface area contributed by atoms with E-state index in [0.29, 0.717) is 33.9 Å². The lowest BCUT2D eigenvalue weighted by molar-refractivity contribution is 0.0642. The Morgan fingerprint density at radius 3 is 2.45 bits per heavy atom. The molecule has 0 saturated heterocycles. The summed E-state index contributed by atoms with van der Waals surface area (Å²) < 4.78 is 16.8. The Balaban J connectivity index is 1.62. The quantitative estimate of drug-likeness (QED) is 0.439. The summed E-state index contributed by atoms with van der Waals surface area (Å²) in [7, 11) is 1.58. The van der Waals surface area contributed by atoms with Crippen molar-refractivity contribution in [1.82, 2.24) is 9.88 Å². The van der Waals surface area contributed by atoms with E-state index < -0.39 is 0 Å². The van der Waals surface area contributed by atoms with E-state index in [1.807, 2.05) is 36.4 Å². The highest BCUT2D eigenvalue weighted by Crippen LogP contribution is 2.46. The Morgan fingerprint density at radius 2 is 1.67 bits per heavy atom. The van der Waals surface area contributed by atoms with E-state index >= 15 is 0 Å². The molecule has 1 aromatic heterocycles. The number of hydrogen-bond acceptors (Lipinski definition) is 6. The van der Waals surface area contributed by atoms with E-state index in [-0.39, 0.29) is 25.2 Å². The first-order chi connectivity index (χ1) is 16.2. The van der Waals surface area contributed by atoms with E-state index in [4.69, 9.17) is 14.2 Å². The molecule has 0 spiro atoms. The zero-order chi connectivity index (χ0) is 22.5. The largest absolute Gasteiger partial charge is 0.496 e. The maximum Gasteiger partial charge on any atom is 0.262 e. The summed E-state index contributed by atoms with van der Waals surface area (Å²) in [5.74, 6) is 1.15. The van der Waals surface area contributed by atoms with Crippen molar-refractivity contribution in [2.24, 2.45) is 0 Å². The minimum atomic E-state index is -0.340. The van der Waals surface area contributed by atoms with Gasteiger partial charge in [-0.25, -0.2) is 0 Å². The molecule has 2 aliphatic heterocycles.